The molecule has 4 heteroatoms. The Morgan fingerprint density at radius 2 is 1.80 bits per heavy atom. The third-order valence-electron chi connectivity index (χ3n) is 2.84. The van der Waals surface area contributed by atoms with E-state index in [0.717, 1.165) is 25.9 Å². The average molecular weight is 218 g/mol. The van der Waals surface area contributed by atoms with Crippen molar-refractivity contribution in [2.45, 2.75) is 39.2 Å². The molecule has 0 aromatic rings. The molecular formula is C11H26N2O2. The number of hydrogen-bond donors (Lipinski definition) is 2. The first-order chi connectivity index (χ1) is 7.29. The first-order valence-corrected chi connectivity index (χ1v) is 5.82. The average Bonchev–Trinajstić information content (AvgIpc) is 2.27. The molecule has 1 atom stereocenters. The zero-order valence-corrected chi connectivity index (χ0v) is 10.3. The molecule has 4 nitrogen and oxygen atoms in total. The fraction of sp³-hybridized carbons (Fsp3) is 1.00. The smallest absolute Gasteiger partial charge is 0.0700 e. The molecule has 0 fully saturated rings. The van der Waals surface area contributed by atoms with Crippen molar-refractivity contribution in [3.05, 3.63) is 0 Å². The number of hydrazine groups is 1. The molecule has 92 valence electrons. The summed E-state index contributed by atoms with van der Waals surface area (Å²) in [5.41, 5.74) is 2.88. The summed E-state index contributed by atoms with van der Waals surface area (Å²) in [4.78, 5) is 0. The predicted molar refractivity (Wildman–Crippen MR) is 62.5 cm³/mol. The molecule has 0 aliphatic heterocycles. The van der Waals surface area contributed by atoms with Crippen LogP contribution in [0.2, 0.25) is 0 Å². The Bertz CT molecular complexity index is 130. The van der Waals surface area contributed by atoms with Gasteiger partial charge in [0.2, 0.25) is 0 Å². The highest BCUT2D eigenvalue weighted by Gasteiger charge is 2.16. The molecular weight excluding hydrogens is 192 g/mol. The molecule has 1 unspecified atom stereocenters. The zero-order valence-electron chi connectivity index (χ0n) is 10.3. The minimum absolute atomic E-state index is 0.363. The number of ether oxygens (including phenoxy) is 2. The Morgan fingerprint density at radius 1 is 1.13 bits per heavy atom. The van der Waals surface area contributed by atoms with Crippen LogP contribution in [0.5, 0.6) is 0 Å². The molecule has 3 N–H and O–H groups in total. The molecule has 0 saturated carbocycles. The van der Waals surface area contributed by atoms with Crippen LogP contribution in [-0.4, -0.2) is 33.0 Å². The Balaban J connectivity index is 3.60. The van der Waals surface area contributed by atoms with Gasteiger partial charge in [-0.2, -0.15) is 0 Å². The van der Waals surface area contributed by atoms with Crippen LogP contribution in [-0.2, 0) is 9.47 Å². The monoisotopic (exact) mass is 218 g/mol. The molecule has 0 bridgehead atoms. The van der Waals surface area contributed by atoms with Crippen LogP contribution in [0.25, 0.3) is 0 Å². The highest BCUT2D eigenvalue weighted by atomic mass is 16.5. The van der Waals surface area contributed by atoms with Crippen LogP contribution >= 0.6 is 0 Å². The minimum Gasteiger partial charge on any atom is -0.382 e. The van der Waals surface area contributed by atoms with Gasteiger partial charge in [-0.15, -0.1) is 0 Å². The van der Waals surface area contributed by atoms with E-state index in [1.165, 1.54) is 0 Å². The lowest BCUT2D eigenvalue weighted by atomic mass is 9.93. The maximum Gasteiger partial charge on any atom is 0.0700 e. The van der Waals surface area contributed by atoms with Crippen LogP contribution < -0.4 is 11.3 Å². The largest absolute Gasteiger partial charge is 0.382 e. The van der Waals surface area contributed by atoms with Gasteiger partial charge in [0.15, 0.2) is 0 Å². The molecule has 0 aromatic carbocycles. The van der Waals surface area contributed by atoms with Gasteiger partial charge in [-0.3, -0.25) is 11.3 Å². The summed E-state index contributed by atoms with van der Waals surface area (Å²) in [5.74, 6) is 6.18. The molecule has 0 spiro atoms. The third-order valence-corrected chi connectivity index (χ3v) is 2.84. The molecule has 0 saturated heterocycles. The van der Waals surface area contributed by atoms with E-state index in [0.29, 0.717) is 25.2 Å². The van der Waals surface area contributed by atoms with E-state index in [1.54, 1.807) is 7.11 Å². The molecule has 0 aliphatic rings. The van der Waals surface area contributed by atoms with Crippen molar-refractivity contribution >= 4 is 0 Å². The summed E-state index contributed by atoms with van der Waals surface area (Å²) in [5, 5.41) is 0. The van der Waals surface area contributed by atoms with Gasteiger partial charge in [0, 0.05) is 19.8 Å². The van der Waals surface area contributed by atoms with Crippen LogP contribution in [0.4, 0.5) is 0 Å². The lowest BCUT2D eigenvalue weighted by molar-refractivity contribution is 0.0625. The van der Waals surface area contributed by atoms with Crippen molar-refractivity contribution in [3.63, 3.8) is 0 Å². The highest BCUT2D eigenvalue weighted by molar-refractivity contribution is 4.72. The molecule has 0 aromatic heterocycles. The van der Waals surface area contributed by atoms with Gasteiger partial charge in [-0.1, -0.05) is 26.7 Å². The Kier molecular flexibility index (Phi) is 10.3. The van der Waals surface area contributed by atoms with E-state index in [-0.39, 0.29) is 0 Å². The summed E-state index contributed by atoms with van der Waals surface area (Å²) in [6.07, 6.45) is 3.28. The molecule has 0 aliphatic carbocycles. The van der Waals surface area contributed by atoms with Gasteiger partial charge in [0.25, 0.3) is 0 Å². The van der Waals surface area contributed by atoms with E-state index < -0.39 is 0 Å². The second-order valence-corrected chi connectivity index (χ2v) is 3.74. The number of rotatable bonds is 10. The first kappa shape index (κ1) is 14.8. The Hall–Kier alpha value is -0.160. The maximum atomic E-state index is 5.54. The lowest BCUT2D eigenvalue weighted by Crippen LogP contribution is -2.41. The number of methoxy groups -OCH3 is 1. The summed E-state index contributed by atoms with van der Waals surface area (Å²) in [7, 11) is 1.68. The summed E-state index contributed by atoms with van der Waals surface area (Å²) >= 11 is 0. The van der Waals surface area contributed by atoms with E-state index in [1.807, 2.05) is 0 Å². The van der Waals surface area contributed by atoms with Gasteiger partial charge in [0.1, 0.15) is 0 Å². The Labute approximate surface area is 93.5 Å². The fourth-order valence-corrected chi connectivity index (χ4v) is 1.77. The van der Waals surface area contributed by atoms with E-state index in [4.69, 9.17) is 15.3 Å². The molecule has 0 radical (unpaired) electrons. The maximum absolute atomic E-state index is 5.54. The van der Waals surface area contributed by atoms with Crippen molar-refractivity contribution in [3.8, 4) is 0 Å². The van der Waals surface area contributed by atoms with E-state index >= 15 is 0 Å². The first-order valence-electron chi connectivity index (χ1n) is 5.82. The minimum atomic E-state index is 0.363. The van der Waals surface area contributed by atoms with Crippen LogP contribution in [0.15, 0.2) is 0 Å². The third kappa shape index (κ3) is 6.84. The van der Waals surface area contributed by atoms with Gasteiger partial charge >= 0.3 is 0 Å². The van der Waals surface area contributed by atoms with Gasteiger partial charge < -0.3 is 9.47 Å². The van der Waals surface area contributed by atoms with Crippen molar-refractivity contribution < 1.29 is 9.47 Å². The summed E-state index contributed by atoms with van der Waals surface area (Å²) in [6, 6.07) is 0.363. The normalized spacial score (nSPS) is 13.4. The van der Waals surface area contributed by atoms with E-state index in [9.17, 15) is 0 Å². The second-order valence-electron chi connectivity index (χ2n) is 3.74. The van der Waals surface area contributed by atoms with Crippen LogP contribution in [0.3, 0.4) is 0 Å². The SMILES string of the molecule is CCC(CC)C(CCOCCOC)NN. The van der Waals surface area contributed by atoms with Crippen molar-refractivity contribution in [2.24, 2.45) is 11.8 Å². The fourth-order valence-electron chi connectivity index (χ4n) is 1.77. The molecule has 15 heavy (non-hydrogen) atoms. The van der Waals surface area contributed by atoms with Crippen molar-refractivity contribution in [1.82, 2.24) is 5.43 Å². The van der Waals surface area contributed by atoms with Crippen molar-refractivity contribution in [2.75, 3.05) is 26.9 Å². The van der Waals surface area contributed by atoms with Gasteiger partial charge in [-0.05, 0) is 12.3 Å². The highest BCUT2D eigenvalue weighted by Crippen LogP contribution is 2.15. The number of nitrogens with one attached hydrogen (secondary N) is 1. The Morgan fingerprint density at radius 3 is 2.27 bits per heavy atom. The van der Waals surface area contributed by atoms with E-state index in [2.05, 4.69) is 19.3 Å². The molecule has 0 heterocycles. The lowest BCUT2D eigenvalue weighted by Gasteiger charge is -2.24. The number of hydrogen-bond acceptors (Lipinski definition) is 4. The predicted octanol–water partition coefficient (Wildman–Crippen LogP) is 1.31. The van der Waals surface area contributed by atoms with Crippen LogP contribution in [0.1, 0.15) is 33.1 Å². The van der Waals surface area contributed by atoms with Gasteiger partial charge in [0.05, 0.1) is 13.2 Å². The summed E-state index contributed by atoms with van der Waals surface area (Å²) < 4.78 is 10.3. The summed E-state index contributed by atoms with van der Waals surface area (Å²) in [6.45, 7) is 6.46. The molecule has 0 rings (SSSR count). The topological polar surface area (TPSA) is 56.5 Å². The molecule has 0 amide bonds. The van der Waals surface area contributed by atoms with Crippen molar-refractivity contribution in [1.29, 1.82) is 0 Å². The zero-order chi connectivity index (χ0) is 11.5. The standard InChI is InChI=1S/C11H26N2O2/c1-4-10(5-2)11(13-12)6-7-15-9-8-14-3/h10-11,13H,4-9,12H2,1-3H3. The quantitative estimate of drug-likeness (QED) is 0.330. The van der Waals surface area contributed by atoms with Gasteiger partial charge in [-0.25, -0.2) is 0 Å². The number of nitrogens with two attached hydrogens (primary N) is 1. The van der Waals surface area contributed by atoms with Crippen LogP contribution in [0, 0.1) is 5.92 Å². The second kappa shape index (κ2) is 10.4.